The van der Waals surface area contributed by atoms with Gasteiger partial charge < -0.3 is 15.5 Å². The fraction of sp³-hybridized carbons (Fsp3) is 0.921. The lowest BCUT2D eigenvalue weighted by Crippen LogP contribution is -2.45. The molecule has 0 saturated heterocycles. The summed E-state index contributed by atoms with van der Waals surface area (Å²) in [7, 11) is 0. The van der Waals surface area contributed by atoms with E-state index in [0.717, 1.165) is 38.5 Å². The Balaban J connectivity index is 3.47. The van der Waals surface area contributed by atoms with E-state index in [1.807, 2.05) is 0 Å². The first-order valence-corrected chi connectivity index (χ1v) is 18.9. The Morgan fingerprint density at radius 3 is 1.31 bits per heavy atom. The van der Waals surface area contributed by atoms with Crippen LogP contribution in [0.4, 0.5) is 0 Å². The molecule has 0 aliphatic rings. The molecule has 250 valence electrons. The van der Waals surface area contributed by atoms with Crippen molar-refractivity contribution < 1.29 is 15.0 Å². The molecule has 4 nitrogen and oxygen atoms in total. The summed E-state index contributed by atoms with van der Waals surface area (Å²) in [6, 6.07) is -0.544. The zero-order chi connectivity index (χ0) is 30.8. The third kappa shape index (κ3) is 30.6. The first-order valence-electron chi connectivity index (χ1n) is 18.9. The van der Waals surface area contributed by atoms with E-state index in [4.69, 9.17) is 0 Å². The molecule has 0 radical (unpaired) electrons. The van der Waals surface area contributed by atoms with Crippen LogP contribution in [0.5, 0.6) is 0 Å². The first kappa shape index (κ1) is 41.1. The number of aliphatic hydroxyl groups is 2. The van der Waals surface area contributed by atoms with E-state index in [1.165, 1.54) is 141 Å². The molecule has 0 bridgehead atoms. The molecule has 42 heavy (non-hydrogen) atoms. The molecule has 0 fully saturated rings. The molecular weight excluding hydrogens is 518 g/mol. The number of hydrogen-bond donors (Lipinski definition) is 3. The van der Waals surface area contributed by atoms with Crippen molar-refractivity contribution in [2.24, 2.45) is 0 Å². The van der Waals surface area contributed by atoms with Crippen molar-refractivity contribution in [2.45, 2.75) is 219 Å². The van der Waals surface area contributed by atoms with E-state index in [1.54, 1.807) is 0 Å². The second-order valence-corrected chi connectivity index (χ2v) is 13.0. The number of amides is 1. The summed E-state index contributed by atoms with van der Waals surface area (Å²) in [5, 5.41) is 22.9. The van der Waals surface area contributed by atoms with Gasteiger partial charge in [0.05, 0.1) is 18.8 Å². The van der Waals surface area contributed by atoms with Gasteiger partial charge in [0, 0.05) is 6.42 Å². The topological polar surface area (TPSA) is 69.6 Å². The van der Waals surface area contributed by atoms with Crippen molar-refractivity contribution in [1.29, 1.82) is 0 Å². The molecule has 2 atom stereocenters. The normalized spacial score (nSPS) is 13.1. The SMILES string of the molecule is CCCCC/C=C/CCCC[C@@H](O)[C@H](CO)NC(=O)CCCCCCCCCCCCCCCCCCCCCCC. The van der Waals surface area contributed by atoms with Crippen molar-refractivity contribution in [1.82, 2.24) is 5.32 Å². The summed E-state index contributed by atoms with van der Waals surface area (Å²) in [5.74, 6) is -0.0408. The van der Waals surface area contributed by atoms with E-state index < -0.39 is 12.1 Å². The van der Waals surface area contributed by atoms with Crippen molar-refractivity contribution >= 4 is 5.91 Å². The minimum atomic E-state index is -0.674. The van der Waals surface area contributed by atoms with Crippen LogP contribution >= 0.6 is 0 Å². The number of aliphatic hydroxyl groups excluding tert-OH is 2. The molecule has 1 amide bonds. The molecule has 0 aromatic carbocycles. The highest BCUT2D eigenvalue weighted by molar-refractivity contribution is 5.76. The van der Waals surface area contributed by atoms with Crippen molar-refractivity contribution in [3.63, 3.8) is 0 Å². The minimum Gasteiger partial charge on any atom is -0.394 e. The van der Waals surface area contributed by atoms with E-state index in [-0.39, 0.29) is 12.5 Å². The summed E-state index contributed by atoms with van der Waals surface area (Å²) >= 11 is 0. The van der Waals surface area contributed by atoms with Gasteiger partial charge in [0.25, 0.3) is 0 Å². The Morgan fingerprint density at radius 2 is 0.905 bits per heavy atom. The second kappa shape index (κ2) is 34.6. The van der Waals surface area contributed by atoms with Crippen LogP contribution in [0.3, 0.4) is 0 Å². The summed E-state index contributed by atoms with van der Waals surface area (Å²) < 4.78 is 0. The predicted molar refractivity (Wildman–Crippen MR) is 184 cm³/mol. The fourth-order valence-electron chi connectivity index (χ4n) is 5.82. The lowest BCUT2D eigenvalue weighted by atomic mass is 10.0. The highest BCUT2D eigenvalue weighted by atomic mass is 16.3. The van der Waals surface area contributed by atoms with Gasteiger partial charge >= 0.3 is 0 Å². The van der Waals surface area contributed by atoms with Gasteiger partial charge in [-0.15, -0.1) is 0 Å². The molecule has 0 aromatic rings. The maximum absolute atomic E-state index is 12.3. The highest BCUT2D eigenvalue weighted by Crippen LogP contribution is 2.15. The number of carbonyl (C=O) groups is 1. The summed E-state index contributed by atoms with van der Waals surface area (Å²) in [5.41, 5.74) is 0. The summed E-state index contributed by atoms with van der Waals surface area (Å²) in [4.78, 5) is 12.3. The Bertz CT molecular complexity index is 565. The monoisotopic (exact) mass is 594 g/mol. The van der Waals surface area contributed by atoms with Gasteiger partial charge in [-0.05, 0) is 38.5 Å². The average Bonchev–Trinajstić information content (AvgIpc) is 2.99. The fourth-order valence-corrected chi connectivity index (χ4v) is 5.82. The van der Waals surface area contributed by atoms with Crippen LogP contribution in [-0.2, 0) is 4.79 Å². The van der Waals surface area contributed by atoms with Crippen molar-refractivity contribution in [3.05, 3.63) is 12.2 Å². The van der Waals surface area contributed by atoms with Crippen LogP contribution in [-0.4, -0.2) is 34.9 Å². The van der Waals surface area contributed by atoms with E-state index >= 15 is 0 Å². The number of rotatable bonds is 34. The lowest BCUT2D eigenvalue weighted by molar-refractivity contribution is -0.123. The predicted octanol–water partition coefficient (Wildman–Crippen LogP) is 11.1. The van der Waals surface area contributed by atoms with Crippen molar-refractivity contribution in [3.8, 4) is 0 Å². The number of nitrogens with one attached hydrogen (secondary N) is 1. The largest absolute Gasteiger partial charge is 0.394 e. The molecule has 0 saturated carbocycles. The van der Waals surface area contributed by atoms with E-state index in [0.29, 0.717) is 12.8 Å². The standard InChI is InChI=1S/C38H75NO3/c1-3-5-7-9-11-13-14-15-16-17-18-19-20-21-22-23-24-26-28-30-32-34-38(42)39-36(35-40)37(41)33-31-29-27-25-12-10-8-6-4-2/h12,25,36-37,40-41H,3-11,13-24,26-35H2,1-2H3,(H,39,42)/b25-12+/t36-,37+/m0/s1. The van der Waals surface area contributed by atoms with Gasteiger partial charge in [-0.2, -0.15) is 0 Å². The first-order chi connectivity index (χ1) is 20.7. The second-order valence-electron chi connectivity index (χ2n) is 13.0. The summed E-state index contributed by atoms with van der Waals surface area (Å²) in [6.07, 6.45) is 41.4. The van der Waals surface area contributed by atoms with Crippen molar-refractivity contribution in [2.75, 3.05) is 6.61 Å². The third-order valence-electron chi connectivity index (χ3n) is 8.78. The van der Waals surface area contributed by atoms with Gasteiger partial charge in [0.15, 0.2) is 0 Å². The van der Waals surface area contributed by atoms with E-state index in [9.17, 15) is 15.0 Å². The average molecular weight is 594 g/mol. The van der Waals surface area contributed by atoms with E-state index in [2.05, 4.69) is 31.3 Å². The maximum Gasteiger partial charge on any atom is 0.220 e. The van der Waals surface area contributed by atoms with Gasteiger partial charge in [-0.3, -0.25) is 4.79 Å². The molecule has 0 unspecified atom stereocenters. The van der Waals surface area contributed by atoms with Gasteiger partial charge in [-0.25, -0.2) is 0 Å². The molecule has 0 heterocycles. The Morgan fingerprint density at radius 1 is 0.548 bits per heavy atom. The maximum atomic E-state index is 12.3. The molecule has 3 N–H and O–H groups in total. The molecular formula is C38H75NO3. The third-order valence-corrected chi connectivity index (χ3v) is 8.78. The lowest BCUT2D eigenvalue weighted by Gasteiger charge is -2.22. The molecule has 0 aliphatic carbocycles. The van der Waals surface area contributed by atoms with Crippen LogP contribution in [0.15, 0.2) is 12.2 Å². The van der Waals surface area contributed by atoms with Crippen LogP contribution in [0, 0.1) is 0 Å². The molecule has 0 rings (SSSR count). The molecule has 4 heteroatoms. The van der Waals surface area contributed by atoms with Crippen LogP contribution in [0.2, 0.25) is 0 Å². The smallest absolute Gasteiger partial charge is 0.220 e. The Hall–Kier alpha value is -0.870. The number of hydrogen-bond acceptors (Lipinski definition) is 3. The van der Waals surface area contributed by atoms with Gasteiger partial charge in [0.1, 0.15) is 0 Å². The Labute approximate surface area is 263 Å². The zero-order valence-electron chi connectivity index (χ0n) is 28.5. The van der Waals surface area contributed by atoms with Crippen LogP contribution < -0.4 is 5.32 Å². The number of unbranched alkanes of at least 4 members (excludes halogenated alkanes) is 25. The van der Waals surface area contributed by atoms with Gasteiger partial charge in [0.2, 0.25) is 5.91 Å². The number of allylic oxidation sites excluding steroid dienone is 2. The minimum absolute atomic E-state index is 0.0408. The molecule has 0 spiro atoms. The quantitative estimate of drug-likeness (QED) is 0.0513. The van der Waals surface area contributed by atoms with Crippen LogP contribution in [0.25, 0.3) is 0 Å². The molecule has 0 aliphatic heterocycles. The molecule has 0 aromatic heterocycles. The van der Waals surface area contributed by atoms with Crippen LogP contribution in [0.1, 0.15) is 206 Å². The van der Waals surface area contributed by atoms with Gasteiger partial charge in [-0.1, -0.05) is 174 Å². The highest BCUT2D eigenvalue weighted by Gasteiger charge is 2.19. The number of carbonyl (C=O) groups excluding carboxylic acids is 1. The zero-order valence-corrected chi connectivity index (χ0v) is 28.5. The Kier molecular flexibility index (Phi) is 33.9. The summed E-state index contributed by atoms with van der Waals surface area (Å²) in [6.45, 7) is 4.31.